The fourth-order valence-corrected chi connectivity index (χ4v) is 5.12. The molecule has 1 fully saturated rings. The van der Waals surface area contributed by atoms with E-state index in [1.54, 1.807) is 6.20 Å². The maximum absolute atomic E-state index is 13.5. The van der Waals surface area contributed by atoms with Crippen LogP contribution in [0.4, 0.5) is 11.4 Å². The van der Waals surface area contributed by atoms with E-state index >= 15 is 0 Å². The van der Waals surface area contributed by atoms with Gasteiger partial charge in [-0.25, -0.2) is 0 Å². The molecule has 1 amide bonds. The van der Waals surface area contributed by atoms with Crippen LogP contribution in [0.25, 0.3) is 16.7 Å². The zero-order valence-electron chi connectivity index (χ0n) is 22.4. The third-order valence-corrected chi connectivity index (χ3v) is 7.14. The van der Waals surface area contributed by atoms with Crippen LogP contribution in [0.3, 0.4) is 0 Å². The lowest BCUT2D eigenvalue weighted by Gasteiger charge is -2.29. The van der Waals surface area contributed by atoms with Crippen molar-refractivity contribution in [3.63, 3.8) is 0 Å². The zero-order chi connectivity index (χ0) is 26.6. The fraction of sp³-hybridized carbons (Fsp3) is 0.367. The molecule has 0 radical (unpaired) electrons. The van der Waals surface area contributed by atoms with E-state index in [0.717, 1.165) is 78.2 Å². The van der Waals surface area contributed by atoms with Crippen molar-refractivity contribution in [3.8, 4) is 11.1 Å². The lowest BCUT2D eigenvalue weighted by Crippen LogP contribution is -2.35. The van der Waals surface area contributed by atoms with Crippen LogP contribution < -0.4 is 10.6 Å². The van der Waals surface area contributed by atoms with Crippen LogP contribution >= 0.6 is 0 Å². The van der Waals surface area contributed by atoms with E-state index < -0.39 is 0 Å². The predicted octanol–water partition coefficient (Wildman–Crippen LogP) is 4.00. The lowest BCUT2D eigenvalue weighted by atomic mass is 9.91. The smallest absolute Gasteiger partial charge is 0.256 e. The van der Waals surface area contributed by atoms with Gasteiger partial charge in [0, 0.05) is 67.5 Å². The summed E-state index contributed by atoms with van der Waals surface area (Å²) in [6.07, 6.45) is 6.95. The van der Waals surface area contributed by atoms with Gasteiger partial charge >= 0.3 is 0 Å². The number of benzene rings is 1. The summed E-state index contributed by atoms with van der Waals surface area (Å²) in [7, 11) is 4.00. The second-order valence-corrected chi connectivity index (χ2v) is 10.6. The van der Waals surface area contributed by atoms with E-state index in [9.17, 15) is 9.90 Å². The third kappa shape index (κ3) is 6.10. The number of amides is 1. The van der Waals surface area contributed by atoms with Crippen molar-refractivity contribution in [2.75, 3.05) is 44.4 Å². The van der Waals surface area contributed by atoms with Crippen molar-refractivity contribution >= 4 is 22.9 Å². The molecule has 0 bridgehead atoms. The van der Waals surface area contributed by atoms with Crippen molar-refractivity contribution in [3.05, 3.63) is 77.4 Å². The number of aliphatic hydroxyl groups excluding tert-OH is 1. The first-order valence-corrected chi connectivity index (χ1v) is 13.2. The number of fused-ring (bicyclic) bond motifs is 1. The highest BCUT2D eigenvalue weighted by atomic mass is 16.3. The van der Waals surface area contributed by atoms with Gasteiger partial charge in [-0.1, -0.05) is 6.07 Å². The molecule has 4 heterocycles. The van der Waals surface area contributed by atoms with E-state index in [1.807, 2.05) is 51.6 Å². The molecule has 0 saturated carbocycles. The van der Waals surface area contributed by atoms with E-state index in [2.05, 4.69) is 48.6 Å². The first-order chi connectivity index (χ1) is 18.4. The highest BCUT2D eigenvalue weighted by Gasteiger charge is 2.23. The van der Waals surface area contributed by atoms with E-state index in [4.69, 9.17) is 0 Å². The molecule has 2 aliphatic rings. The summed E-state index contributed by atoms with van der Waals surface area (Å²) in [6, 6.07) is 12.2. The Bertz CT molecular complexity index is 1330. The molecule has 8 heteroatoms. The van der Waals surface area contributed by atoms with E-state index in [1.165, 1.54) is 0 Å². The Kier molecular flexibility index (Phi) is 7.83. The monoisotopic (exact) mass is 512 g/mol. The molecule has 5 rings (SSSR count). The summed E-state index contributed by atoms with van der Waals surface area (Å²) in [5, 5.41) is 16.3. The van der Waals surface area contributed by atoms with Gasteiger partial charge in [0.1, 0.15) is 0 Å². The molecule has 0 unspecified atom stereocenters. The SMILES string of the molecule is CC1=C(C(=O)Nc2ccc(CN(C)C)nc2)c2cc(-c3cncc(CN4CCC(O)CC4)c3)ccc2NC1. The van der Waals surface area contributed by atoms with Gasteiger partial charge in [-0.3, -0.25) is 19.7 Å². The molecule has 8 nitrogen and oxygen atoms in total. The second kappa shape index (κ2) is 11.4. The summed E-state index contributed by atoms with van der Waals surface area (Å²) in [4.78, 5) is 26.9. The maximum Gasteiger partial charge on any atom is 0.256 e. The number of anilines is 2. The van der Waals surface area contributed by atoms with Crippen molar-refractivity contribution in [1.82, 2.24) is 19.8 Å². The summed E-state index contributed by atoms with van der Waals surface area (Å²) < 4.78 is 0. The number of aliphatic hydroxyl groups is 1. The first kappa shape index (κ1) is 26.0. The van der Waals surface area contributed by atoms with Crippen molar-refractivity contribution < 1.29 is 9.90 Å². The molecule has 198 valence electrons. The Morgan fingerprint density at radius 2 is 1.92 bits per heavy atom. The summed E-state index contributed by atoms with van der Waals surface area (Å²) in [5.74, 6) is -0.135. The number of hydrogen-bond donors (Lipinski definition) is 3. The van der Waals surface area contributed by atoms with Gasteiger partial charge < -0.3 is 20.6 Å². The van der Waals surface area contributed by atoms with Gasteiger partial charge in [-0.2, -0.15) is 0 Å². The largest absolute Gasteiger partial charge is 0.393 e. The Morgan fingerprint density at radius 3 is 2.66 bits per heavy atom. The summed E-state index contributed by atoms with van der Waals surface area (Å²) >= 11 is 0. The average molecular weight is 513 g/mol. The quantitative estimate of drug-likeness (QED) is 0.441. The van der Waals surface area contributed by atoms with Crippen molar-refractivity contribution in [1.29, 1.82) is 0 Å². The minimum absolute atomic E-state index is 0.135. The number of aromatic nitrogens is 2. The van der Waals surface area contributed by atoms with Gasteiger partial charge in [0.15, 0.2) is 0 Å². The molecule has 0 atom stereocenters. The molecule has 2 aliphatic heterocycles. The first-order valence-electron chi connectivity index (χ1n) is 13.2. The Balaban J connectivity index is 1.36. The number of piperidine rings is 1. The number of hydrogen-bond acceptors (Lipinski definition) is 7. The van der Waals surface area contributed by atoms with Crippen LogP contribution in [-0.2, 0) is 17.9 Å². The molecule has 1 aromatic carbocycles. The minimum Gasteiger partial charge on any atom is -0.393 e. The number of nitrogens with zero attached hydrogens (tertiary/aromatic N) is 4. The van der Waals surface area contributed by atoms with Gasteiger partial charge in [-0.05, 0) is 80.9 Å². The lowest BCUT2D eigenvalue weighted by molar-refractivity contribution is -0.111. The topological polar surface area (TPSA) is 93.6 Å². The van der Waals surface area contributed by atoms with Gasteiger partial charge in [0.05, 0.1) is 23.7 Å². The second-order valence-electron chi connectivity index (χ2n) is 10.6. The highest BCUT2D eigenvalue weighted by Crippen LogP contribution is 2.35. The molecule has 0 aliphatic carbocycles. The Morgan fingerprint density at radius 1 is 1.11 bits per heavy atom. The average Bonchev–Trinajstić information content (AvgIpc) is 2.90. The summed E-state index contributed by atoms with van der Waals surface area (Å²) in [6.45, 7) is 5.97. The van der Waals surface area contributed by atoms with Crippen LogP contribution in [0.5, 0.6) is 0 Å². The molecular weight excluding hydrogens is 476 g/mol. The molecule has 1 saturated heterocycles. The Hall–Kier alpha value is -3.59. The van der Waals surface area contributed by atoms with Crippen LogP contribution in [0, 0.1) is 0 Å². The number of pyridine rings is 2. The molecular formula is C30H36N6O2. The van der Waals surface area contributed by atoms with Crippen LogP contribution in [0.1, 0.15) is 36.6 Å². The fourth-order valence-electron chi connectivity index (χ4n) is 5.12. The zero-order valence-corrected chi connectivity index (χ0v) is 22.4. The minimum atomic E-state index is -0.179. The third-order valence-electron chi connectivity index (χ3n) is 7.14. The molecule has 2 aromatic heterocycles. The number of nitrogens with one attached hydrogen (secondary N) is 2. The van der Waals surface area contributed by atoms with Gasteiger partial charge in [-0.15, -0.1) is 0 Å². The van der Waals surface area contributed by atoms with E-state index in [-0.39, 0.29) is 12.0 Å². The predicted molar refractivity (Wildman–Crippen MR) is 152 cm³/mol. The summed E-state index contributed by atoms with van der Waals surface area (Å²) in [5.41, 5.74) is 8.32. The number of carbonyl (C=O) groups is 1. The Labute approximate surface area is 224 Å². The normalized spacial score (nSPS) is 16.3. The molecule has 0 spiro atoms. The van der Waals surface area contributed by atoms with Crippen LogP contribution in [0.2, 0.25) is 0 Å². The van der Waals surface area contributed by atoms with Crippen LogP contribution in [0.15, 0.2) is 60.6 Å². The highest BCUT2D eigenvalue weighted by molar-refractivity contribution is 6.27. The van der Waals surface area contributed by atoms with Crippen molar-refractivity contribution in [2.45, 2.75) is 39.0 Å². The van der Waals surface area contributed by atoms with Gasteiger partial charge in [0.2, 0.25) is 0 Å². The van der Waals surface area contributed by atoms with E-state index in [0.29, 0.717) is 17.8 Å². The van der Waals surface area contributed by atoms with Crippen LogP contribution in [-0.4, -0.2) is 70.6 Å². The standard InChI is InChI=1S/C30H36N6O2/c1-20-14-33-28-7-4-22(23-12-21(15-31-16-23)18-36-10-8-26(37)9-11-36)13-27(28)29(20)30(38)34-24-5-6-25(32-17-24)19-35(2)3/h4-7,12-13,15-17,26,33,37H,8-11,14,18-19H2,1-3H3,(H,34,38). The number of rotatable bonds is 7. The molecule has 3 aromatic rings. The van der Waals surface area contributed by atoms with Crippen molar-refractivity contribution in [2.24, 2.45) is 0 Å². The maximum atomic E-state index is 13.5. The van der Waals surface area contributed by atoms with Gasteiger partial charge in [0.25, 0.3) is 5.91 Å². The molecule has 3 N–H and O–H groups in total. The molecule has 38 heavy (non-hydrogen) atoms. The number of likely N-dealkylation sites (tertiary alicyclic amines) is 1. The number of carbonyl (C=O) groups excluding carboxylic acids is 1.